The highest BCUT2D eigenvalue weighted by Gasteiger charge is 2.37. The molecule has 1 rings (SSSR count). The Balaban J connectivity index is 2.58. The van der Waals surface area contributed by atoms with Crippen molar-refractivity contribution in [3.05, 3.63) is 0 Å². The molecule has 0 spiro atoms. The van der Waals surface area contributed by atoms with E-state index in [2.05, 4.69) is 38.3 Å². The van der Waals surface area contributed by atoms with Crippen molar-refractivity contribution in [1.29, 1.82) is 0 Å². The molecule has 1 aliphatic heterocycles. The van der Waals surface area contributed by atoms with Gasteiger partial charge in [0.2, 0.25) is 0 Å². The van der Waals surface area contributed by atoms with E-state index in [-0.39, 0.29) is 17.1 Å². The lowest BCUT2D eigenvalue weighted by Gasteiger charge is -2.47. The van der Waals surface area contributed by atoms with Gasteiger partial charge < -0.3 is 25.0 Å². The first-order valence-electron chi connectivity index (χ1n) is 5.53. The molecule has 6 heteroatoms. The van der Waals surface area contributed by atoms with Crippen LogP contribution in [0.1, 0.15) is 40.5 Å². The minimum Gasteiger partial charge on any atom is -0.810 e. The molecule has 96 valence electrons. The molecule has 1 saturated heterocycles. The smallest absolute Gasteiger partial charge is 0.0234 e. The van der Waals surface area contributed by atoms with Crippen LogP contribution in [0.15, 0.2) is 0 Å². The van der Waals surface area contributed by atoms with Gasteiger partial charge in [-0.1, -0.05) is 7.60 Å². The van der Waals surface area contributed by atoms with Crippen LogP contribution in [0.25, 0.3) is 0 Å². The summed E-state index contributed by atoms with van der Waals surface area (Å²) < 4.78 is 10.6. The average Bonchev–Trinajstić information content (AvgIpc) is 1.93. The highest BCUT2D eigenvalue weighted by molar-refractivity contribution is 7.48. The van der Waals surface area contributed by atoms with E-state index in [4.69, 9.17) is 0 Å². The molecule has 1 heterocycles. The van der Waals surface area contributed by atoms with Gasteiger partial charge in [0.25, 0.3) is 0 Å². The van der Waals surface area contributed by atoms with E-state index in [1.807, 2.05) is 0 Å². The minimum absolute atomic E-state index is 0.0465. The van der Waals surface area contributed by atoms with Crippen molar-refractivity contribution in [2.75, 3.05) is 6.29 Å². The predicted octanol–water partition coefficient (Wildman–Crippen LogP) is -0.244. The number of hydrogen-bond acceptors (Lipinski definition) is 5. The maximum atomic E-state index is 10.6. The molecule has 0 atom stereocenters. The van der Waals surface area contributed by atoms with Crippen molar-refractivity contribution in [3.8, 4) is 0 Å². The second-order valence-electron chi connectivity index (χ2n) is 5.97. The highest BCUT2D eigenvalue weighted by atomic mass is 31.2. The SMILES string of the molecule is CC1(C)CC(NCP(=O)([O-])[O-])CC(C)(C)N1. The monoisotopic (exact) mass is 248 g/mol. The Morgan fingerprint density at radius 3 is 2.06 bits per heavy atom. The zero-order valence-corrected chi connectivity index (χ0v) is 11.3. The molecule has 5 nitrogen and oxygen atoms in total. The Hall–Kier alpha value is 0.0700. The lowest BCUT2D eigenvalue weighted by molar-refractivity contribution is -0.314. The molecule has 16 heavy (non-hydrogen) atoms. The second-order valence-corrected chi connectivity index (χ2v) is 7.51. The molecular formula is C10H21N2O3P-2. The van der Waals surface area contributed by atoms with Crippen LogP contribution in [0, 0.1) is 0 Å². The Morgan fingerprint density at radius 2 is 1.69 bits per heavy atom. The van der Waals surface area contributed by atoms with E-state index in [9.17, 15) is 14.4 Å². The Bertz CT molecular complexity index is 282. The van der Waals surface area contributed by atoms with Crippen molar-refractivity contribution in [2.45, 2.75) is 57.7 Å². The van der Waals surface area contributed by atoms with E-state index >= 15 is 0 Å². The van der Waals surface area contributed by atoms with E-state index in [0.717, 1.165) is 12.8 Å². The first kappa shape index (κ1) is 14.1. The molecule has 2 N–H and O–H groups in total. The summed E-state index contributed by atoms with van der Waals surface area (Å²) in [6.45, 7) is 8.32. The molecule has 0 aromatic carbocycles. The van der Waals surface area contributed by atoms with Gasteiger partial charge in [-0.05, 0) is 40.5 Å². The van der Waals surface area contributed by atoms with Crippen molar-refractivity contribution < 1.29 is 14.4 Å². The van der Waals surface area contributed by atoms with Crippen LogP contribution in [0.2, 0.25) is 0 Å². The maximum Gasteiger partial charge on any atom is 0.0234 e. The maximum absolute atomic E-state index is 10.6. The Morgan fingerprint density at radius 1 is 1.25 bits per heavy atom. The molecule has 0 bridgehead atoms. The summed E-state index contributed by atoms with van der Waals surface area (Å²) >= 11 is 0. The van der Waals surface area contributed by atoms with Gasteiger partial charge in [0.05, 0.1) is 0 Å². The average molecular weight is 248 g/mol. The van der Waals surface area contributed by atoms with Crippen LogP contribution in [0.5, 0.6) is 0 Å². The number of hydrogen-bond donors (Lipinski definition) is 2. The third-order valence-electron chi connectivity index (χ3n) is 2.76. The molecule has 0 saturated carbocycles. The Kier molecular flexibility index (Phi) is 3.88. The van der Waals surface area contributed by atoms with Gasteiger partial charge in [-0.25, -0.2) is 0 Å². The predicted molar refractivity (Wildman–Crippen MR) is 59.9 cm³/mol. The fourth-order valence-corrected chi connectivity index (χ4v) is 3.19. The normalized spacial score (nSPS) is 25.6. The molecule has 0 aromatic rings. The quantitative estimate of drug-likeness (QED) is 0.673. The summed E-state index contributed by atoms with van der Waals surface area (Å²) in [6.07, 6.45) is 1.18. The lowest BCUT2D eigenvalue weighted by Crippen LogP contribution is -2.61. The van der Waals surface area contributed by atoms with Gasteiger partial charge in [-0.3, -0.25) is 0 Å². The zero-order valence-electron chi connectivity index (χ0n) is 10.4. The van der Waals surface area contributed by atoms with Gasteiger partial charge in [-0.2, -0.15) is 0 Å². The van der Waals surface area contributed by atoms with Crippen molar-refractivity contribution >= 4 is 7.60 Å². The lowest BCUT2D eigenvalue weighted by atomic mass is 9.80. The van der Waals surface area contributed by atoms with Gasteiger partial charge in [0, 0.05) is 23.4 Å². The number of rotatable bonds is 3. The second kappa shape index (κ2) is 4.39. The molecule has 0 aliphatic carbocycles. The summed E-state index contributed by atoms with van der Waals surface area (Å²) in [5, 5.41) is 6.34. The summed E-state index contributed by atoms with van der Waals surface area (Å²) in [7, 11) is -4.45. The topological polar surface area (TPSA) is 87.2 Å². The van der Waals surface area contributed by atoms with Crippen LogP contribution in [-0.4, -0.2) is 23.4 Å². The third kappa shape index (κ3) is 4.93. The van der Waals surface area contributed by atoms with Gasteiger partial charge in [-0.15, -0.1) is 0 Å². The van der Waals surface area contributed by atoms with Crippen LogP contribution in [-0.2, 0) is 4.57 Å². The van der Waals surface area contributed by atoms with Crippen molar-refractivity contribution in [3.63, 3.8) is 0 Å². The summed E-state index contributed by atoms with van der Waals surface area (Å²) in [6, 6.07) is 0.0717. The zero-order chi connectivity index (χ0) is 12.6. The number of piperidine rings is 1. The standard InChI is InChI=1S/C10H23N2O3P/c1-9(2)5-8(6-10(3,4)12-9)11-7-16(13,14)15/h8,11-12H,5-7H2,1-4H3,(H2,13,14,15)/p-2. The fourth-order valence-electron chi connectivity index (χ4n) is 2.71. The first-order chi connectivity index (χ1) is 6.99. The first-order valence-corrected chi connectivity index (χ1v) is 7.26. The van der Waals surface area contributed by atoms with Crippen LogP contribution < -0.4 is 20.4 Å². The Labute approximate surface area is 97.2 Å². The van der Waals surface area contributed by atoms with Gasteiger partial charge in [0.1, 0.15) is 0 Å². The molecule has 0 aromatic heterocycles. The van der Waals surface area contributed by atoms with E-state index in [1.54, 1.807) is 0 Å². The molecule has 1 fully saturated rings. The van der Waals surface area contributed by atoms with Gasteiger partial charge in [0.15, 0.2) is 0 Å². The van der Waals surface area contributed by atoms with Crippen molar-refractivity contribution in [1.82, 2.24) is 10.6 Å². The largest absolute Gasteiger partial charge is 0.810 e. The molecule has 0 unspecified atom stereocenters. The van der Waals surface area contributed by atoms with E-state index in [1.165, 1.54) is 0 Å². The molecular weight excluding hydrogens is 227 g/mol. The van der Waals surface area contributed by atoms with Crippen LogP contribution >= 0.6 is 7.60 Å². The molecule has 1 aliphatic rings. The van der Waals surface area contributed by atoms with Crippen LogP contribution in [0.3, 0.4) is 0 Å². The fraction of sp³-hybridized carbons (Fsp3) is 1.00. The van der Waals surface area contributed by atoms with E-state index in [0.29, 0.717) is 0 Å². The van der Waals surface area contributed by atoms with Crippen LogP contribution in [0.4, 0.5) is 0 Å². The van der Waals surface area contributed by atoms with Crippen molar-refractivity contribution in [2.24, 2.45) is 0 Å². The van der Waals surface area contributed by atoms with Gasteiger partial charge >= 0.3 is 0 Å². The van der Waals surface area contributed by atoms with E-state index < -0.39 is 13.9 Å². The number of nitrogens with one attached hydrogen (secondary N) is 2. The summed E-state index contributed by atoms with van der Waals surface area (Å²) in [4.78, 5) is 21.2. The third-order valence-corrected chi connectivity index (χ3v) is 3.33. The molecule has 0 radical (unpaired) electrons. The summed E-state index contributed by atoms with van der Waals surface area (Å²) in [5.41, 5.74) is -0.0929. The molecule has 0 amide bonds. The summed E-state index contributed by atoms with van der Waals surface area (Å²) in [5.74, 6) is 0. The minimum atomic E-state index is -4.45. The highest BCUT2D eigenvalue weighted by Crippen LogP contribution is 2.30.